The largest absolute Gasteiger partial charge is 0.348 e. The molecule has 134 valence electrons. The first-order valence-corrected chi connectivity index (χ1v) is 9.66. The van der Waals surface area contributed by atoms with Gasteiger partial charge in [0.15, 0.2) is 0 Å². The van der Waals surface area contributed by atoms with E-state index in [2.05, 4.69) is 22.4 Å². The third-order valence-electron chi connectivity index (χ3n) is 5.90. The first-order chi connectivity index (χ1) is 12.7. The number of likely N-dealkylation sites (tertiary alicyclic amines) is 1. The Morgan fingerprint density at radius 2 is 1.96 bits per heavy atom. The fourth-order valence-electron chi connectivity index (χ4n) is 4.46. The molecule has 2 aromatic rings. The Hall–Kier alpha value is -2.38. The summed E-state index contributed by atoms with van der Waals surface area (Å²) in [4.78, 5) is 15.2. The number of piperidine rings is 1. The predicted molar refractivity (Wildman–Crippen MR) is 103 cm³/mol. The second-order valence-corrected chi connectivity index (χ2v) is 7.66. The number of nitrogens with zero attached hydrogens (tertiary/aromatic N) is 2. The van der Waals surface area contributed by atoms with E-state index in [1.54, 1.807) is 0 Å². The van der Waals surface area contributed by atoms with Crippen molar-refractivity contribution < 1.29 is 4.79 Å². The molecule has 4 heteroatoms. The minimum atomic E-state index is 0.0175. The fraction of sp³-hybridized carbons (Fsp3) is 0.455. The topological polar surface area (TPSA) is 56.1 Å². The molecule has 2 fully saturated rings. The van der Waals surface area contributed by atoms with Crippen LogP contribution in [-0.4, -0.2) is 36.0 Å². The van der Waals surface area contributed by atoms with Crippen LogP contribution in [0.4, 0.5) is 0 Å². The maximum absolute atomic E-state index is 12.7. The van der Waals surface area contributed by atoms with Crippen molar-refractivity contribution in [3.63, 3.8) is 0 Å². The van der Waals surface area contributed by atoms with Crippen molar-refractivity contribution in [2.75, 3.05) is 13.1 Å². The smallest absolute Gasteiger partial charge is 0.251 e. The van der Waals surface area contributed by atoms with E-state index >= 15 is 0 Å². The summed E-state index contributed by atoms with van der Waals surface area (Å²) >= 11 is 0. The molecule has 4 nitrogen and oxygen atoms in total. The zero-order valence-electron chi connectivity index (χ0n) is 15.0. The van der Waals surface area contributed by atoms with Gasteiger partial charge in [0.05, 0.1) is 6.07 Å². The lowest BCUT2D eigenvalue weighted by molar-refractivity contribution is 0.0874. The second kappa shape index (κ2) is 7.47. The lowest BCUT2D eigenvalue weighted by atomic mass is 10.0. The van der Waals surface area contributed by atoms with Crippen LogP contribution in [0.3, 0.4) is 0 Å². The molecular weight excluding hydrogens is 322 g/mol. The monoisotopic (exact) mass is 347 g/mol. The summed E-state index contributed by atoms with van der Waals surface area (Å²) in [5.41, 5.74) is 0.728. The van der Waals surface area contributed by atoms with E-state index in [9.17, 15) is 4.79 Å². The molecule has 2 aromatic carbocycles. The predicted octanol–water partition coefficient (Wildman–Crippen LogP) is 3.73. The summed E-state index contributed by atoms with van der Waals surface area (Å²) in [5, 5.41) is 14.6. The molecule has 1 saturated heterocycles. The Labute approximate surface area is 154 Å². The number of benzene rings is 2. The average Bonchev–Trinajstić information content (AvgIpc) is 3.17. The van der Waals surface area contributed by atoms with Crippen LogP contribution in [0.2, 0.25) is 0 Å². The second-order valence-electron chi connectivity index (χ2n) is 7.66. The summed E-state index contributed by atoms with van der Waals surface area (Å²) in [5.74, 6) is 0.233. The van der Waals surface area contributed by atoms with Crippen molar-refractivity contribution in [2.24, 2.45) is 5.92 Å². The molecule has 3 unspecified atom stereocenters. The van der Waals surface area contributed by atoms with Crippen molar-refractivity contribution in [3.05, 3.63) is 48.0 Å². The molecule has 0 spiro atoms. The van der Waals surface area contributed by atoms with Crippen molar-refractivity contribution in [1.82, 2.24) is 10.2 Å². The van der Waals surface area contributed by atoms with Gasteiger partial charge in [-0.3, -0.25) is 9.69 Å². The minimum absolute atomic E-state index is 0.0175. The number of nitriles is 1. The molecule has 4 rings (SSSR count). The summed E-state index contributed by atoms with van der Waals surface area (Å²) in [6.07, 6.45) is 5.26. The van der Waals surface area contributed by atoms with Crippen molar-refractivity contribution >= 4 is 16.7 Å². The summed E-state index contributed by atoms with van der Waals surface area (Å²) in [6.45, 7) is 1.99. The molecule has 1 aliphatic heterocycles. The number of nitrogens with one attached hydrogen (secondary N) is 1. The van der Waals surface area contributed by atoms with Gasteiger partial charge in [-0.15, -0.1) is 0 Å². The summed E-state index contributed by atoms with van der Waals surface area (Å²) in [6, 6.07) is 17.1. The van der Waals surface area contributed by atoms with Crippen LogP contribution < -0.4 is 5.32 Å². The Morgan fingerprint density at radius 1 is 1.12 bits per heavy atom. The molecule has 0 radical (unpaired) electrons. The molecule has 1 N–H and O–H groups in total. The van der Waals surface area contributed by atoms with E-state index in [1.807, 2.05) is 36.4 Å². The first kappa shape index (κ1) is 17.1. The Balaban J connectivity index is 1.39. The zero-order chi connectivity index (χ0) is 17.9. The molecule has 0 bridgehead atoms. The van der Waals surface area contributed by atoms with Gasteiger partial charge in [-0.25, -0.2) is 0 Å². The average molecular weight is 347 g/mol. The maximum atomic E-state index is 12.7. The summed E-state index contributed by atoms with van der Waals surface area (Å²) in [7, 11) is 0. The number of amides is 1. The highest BCUT2D eigenvalue weighted by molar-refractivity contribution is 5.98. The SMILES string of the molecule is N#CC1CCC(N2CCCC(NC(=O)c3ccc4ccccc4c3)C2)C1. The molecular formula is C22H25N3O. The van der Waals surface area contributed by atoms with Gasteiger partial charge >= 0.3 is 0 Å². The standard InChI is InChI=1S/C22H25N3O/c23-14-16-7-10-21(12-16)25-11-3-6-20(15-25)24-22(26)19-9-8-17-4-1-2-5-18(17)13-19/h1-2,4-5,8-9,13,16,20-21H,3,6-7,10-12,15H2,(H,24,26). The van der Waals surface area contributed by atoms with Gasteiger partial charge in [0, 0.05) is 30.1 Å². The van der Waals surface area contributed by atoms with E-state index < -0.39 is 0 Å². The van der Waals surface area contributed by atoms with E-state index in [-0.39, 0.29) is 17.9 Å². The van der Waals surface area contributed by atoms with E-state index in [0.29, 0.717) is 6.04 Å². The van der Waals surface area contributed by atoms with Crippen LogP contribution in [0.15, 0.2) is 42.5 Å². The van der Waals surface area contributed by atoms with E-state index in [0.717, 1.165) is 61.5 Å². The van der Waals surface area contributed by atoms with Crippen LogP contribution >= 0.6 is 0 Å². The van der Waals surface area contributed by atoms with Gasteiger partial charge in [0.25, 0.3) is 5.91 Å². The number of carbonyl (C=O) groups excluding carboxylic acids is 1. The highest BCUT2D eigenvalue weighted by atomic mass is 16.1. The number of fused-ring (bicyclic) bond motifs is 1. The fourth-order valence-corrected chi connectivity index (χ4v) is 4.46. The van der Waals surface area contributed by atoms with Crippen LogP contribution in [0.1, 0.15) is 42.5 Å². The molecule has 3 atom stereocenters. The van der Waals surface area contributed by atoms with Crippen LogP contribution in [-0.2, 0) is 0 Å². The molecule has 1 aliphatic carbocycles. The Kier molecular flexibility index (Phi) is 4.90. The van der Waals surface area contributed by atoms with Crippen LogP contribution in [0.25, 0.3) is 10.8 Å². The highest BCUT2D eigenvalue weighted by Crippen LogP contribution is 2.30. The quantitative estimate of drug-likeness (QED) is 0.920. The lowest BCUT2D eigenvalue weighted by Crippen LogP contribution is -2.50. The molecule has 1 saturated carbocycles. The Morgan fingerprint density at radius 3 is 2.77 bits per heavy atom. The number of rotatable bonds is 3. The van der Waals surface area contributed by atoms with Crippen LogP contribution in [0, 0.1) is 17.2 Å². The van der Waals surface area contributed by atoms with Gasteiger partial charge in [0.1, 0.15) is 0 Å². The third-order valence-corrected chi connectivity index (χ3v) is 5.90. The highest BCUT2D eigenvalue weighted by Gasteiger charge is 2.32. The lowest BCUT2D eigenvalue weighted by Gasteiger charge is -2.37. The van der Waals surface area contributed by atoms with Crippen molar-refractivity contribution in [1.29, 1.82) is 5.26 Å². The maximum Gasteiger partial charge on any atom is 0.251 e. The van der Waals surface area contributed by atoms with Gasteiger partial charge in [-0.2, -0.15) is 5.26 Å². The van der Waals surface area contributed by atoms with Crippen molar-refractivity contribution in [3.8, 4) is 6.07 Å². The number of carbonyl (C=O) groups is 1. The van der Waals surface area contributed by atoms with Gasteiger partial charge in [-0.05, 0) is 61.6 Å². The van der Waals surface area contributed by atoms with E-state index in [4.69, 9.17) is 5.26 Å². The Bertz CT molecular complexity index is 841. The van der Waals surface area contributed by atoms with E-state index in [1.165, 1.54) is 0 Å². The molecule has 26 heavy (non-hydrogen) atoms. The van der Waals surface area contributed by atoms with Gasteiger partial charge < -0.3 is 5.32 Å². The molecule has 1 amide bonds. The number of hydrogen-bond donors (Lipinski definition) is 1. The molecule has 1 heterocycles. The molecule has 2 aliphatic rings. The first-order valence-electron chi connectivity index (χ1n) is 9.66. The van der Waals surface area contributed by atoms with Gasteiger partial charge in [-0.1, -0.05) is 30.3 Å². The van der Waals surface area contributed by atoms with Crippen molar-refractivity contribution in [2.45, 2.75) is 44.2 Å². The number of hydrogen-bond acceptors (Lipinski definition) is 3. The normalized spacial score (nSPS) is 26.5. The van der Waals surface area contributed by atoms with Gasteiger partial charge in [0.2, 0.25) is 0 Å². The molecule has 0 aromatic heterocycles. The zero-order valence-corrected chi connectivity index (χ0v) is 15.0. The van der Waals surface area contributed by atoms with Crippen LogP contribution in [0.5, 0.6) is 0 Å². The summed E-state index contributed by atoms with van der Waals surface area (Å²) < 4.78 is 0. The minimum Gasteiger partial charge on any atom is -0.348 e. The third kappa shape index (κ3) is 3.59.